The van der Waals surface area contributed by atoms with E-state index in [0.29, 0.717) is 12.5 Å². The average Bonchev–Trinajstić information content (AvgIpc) is 2.11. The minimum atomic E-state index is -0.358. The van der Waals surface area contributed by atoms with Crippen LogP contribution < -0.4 is 5.56 Å². The zero-order valence-corrected chi connectivity index (χ0v) is 7.96. The number of hydrogen-bond donors (Lipinski definition) is 0. The maximum atomic E-state index is 12.7. The van der Waals surface area contributed by atoms with Crippen LogP contribution in [0.2, 0.25) is 0 Å². The van der Waals surface area contributed by atoms with Crippen LogP contribution in [0.25, 0.3) is 0 Å². The molecule has 0 radical (unpaired) electrons. The summed E-state index contributed by atoms with van der Waals surface area (Å²) in [5.41, 5.74) is -0.137. The molecule has 0 saturated heterocycles. The van der Waals surface area contributed by atoms with Gasteiger partial charge in [-0.3, -0.25) is 4.79 Å². The SMILES string of the molecule is CCC(C)Cn1cc(F)ccc1=O. The van der Waals surface area contributed by atoms with Crippen molar-refractivity contribution < 1.29 is 4.39 Å². The second-order valence-electron chi connectivity index (χ2n) is 3.35. The zero-order chi connectivity index (χ0) is 9.84. The Morgan fingerprint density at radius 2 is 2.23 bits per heavy atom. The Morgan fingerprint density at radius 3 is 2.85 bits per heavy atom. The van der Waals surface area contributed by atoms with Crippen molar-refractivity contribution in [1.82, 2.24) is 4.57 Å². The third kappa shape index (κ3) is 2.68. The Balaban J connectivity index is 2.87. The summed E-state index contributed by atoms with van der Waals surface area (Å²) in [5, 5.41) is 0. The van der Waals surface area contributed by atoms with Crippen LogP contribution in [0.5, 0.6) is 0 Å². The molecule has 0 fully saturated rings. The van der Waals surface area contributed by atoms with Crippen molar-refractivity contribution in [3.63, 3.8) is 0 Å². The van der Waals surface area contributed by atoms with Crippen LogP contribution in [0, 0.1) is 11.7 Å². The van der Waals surface area contributed by atoms with E-state index < -0.39 is 0 Å². The van der Waals surface area contributed by atoms with Crippen LogP contribution >= 0.6 is 0 Å². The highest BCUT2D eigenvalue weighted by molar-refractivity contribution is 4.96. The highest BCUT2D eigenvalue weighted by Crippen LogP contribution is 2.03. The van der Waals surface area contributed by atoms with Gasteiger partial charge in [-0.05, 0) is 12.0 Å². The van der Waals surface area contributed by atoms with Gasteiger partial charge in [0.2, 0.25) is 0 Å². The Hall–Kier alpha value is -1.12. The molecule has 0 aromatic carbocycles. The molecule has 0 bridgehead atoms. The van der Waals surface area contributed by atoms with Gasteiger partial charge in [-0.1, -0.05) is 20.3 Å². The van der Waals surface area contributed by atoms with E-state index in [1.165, 1.54) is 22.9 Å². The van der Waals surface area contributed by atoms with E-state index in [1.807, 2.05) is 6.92 Å². The van der Waals surface area contributed by atoms with Gasteiger partial charge in [-0.2, -0.15) is 0 Å². The number of hydrogen-bond acceptors (Lipinski definition) is 1. The highest BCUT2D eigenvalue weighted by atomic mass is 19.1. The first-order valence-corrected chi connectivity index (χ1v) is 4.49. The Morgan fingerprint density at radius 1 is 1.54 bits per heavy atom. The first kappa shape index (κ1) is 9.96. The molecule has 0 aliphatic heterocycles. The van der Waals surface area contributed by atoms with Gasteiger partial charge < -0.3 is 4.57 Å². The molecule has 0 aliphatic carbocycles. The second kappa shape index (κ2) is 4.21. The molecular formula is C10H14FNO. The van der Waals surface area contributed by atoms with E-state index in [9.17, 15) is 9.18 Å². The Labute approximate surface area is 77.0 Å². The van der Waals surface area contributed by atoms with Gasteiger partial charge in [0.05, 0.1) is 0 Å². The molecule has 0 N–H and O–H groups in total. The number of aromatic nitrogens is 1. The van der Waals surface area contributed by atoms with Crippen molar-refractivity contribution in [2.24, 2.45) is 5.92 Å². The van der Waals surface area contributed by atoms with Gasteiger partial charge in [-0.15, -0.1) is 0 Å². The summed E-state index contributed by atoms with van der Waals surface area (Å²) in [6, 6.07) is 2.45. The Bertz CT molecular complexity index is 332. The van der Waals surface area contributed by atoms with E-state index in [2.05, 4.69) is 6.92 Å². The van der Waals surface area contributed by atoms with Crippen molar-refractivity contribution >= 4 is 0 Å². The minimum Gasteiger partial charge on any atom is -0.312 e. The summed E-state index contributed by atoms with van der Waals surface area (Å²) >= 11 is 0. The van der Waals surface area contributed by atoms with Crippen molar-refractivity contribution in [2.45, 2.75) is 26.8 Å². The molecule has 3 heteroatoms. The quantitative estimate of drug-likeness (QED) is 0.702. The molecule has 0 spiro atoms. The molecule has 0 aliphatic rings. The molecule has 1 aromatic rings. The predicted octanol–water partition coefficient (Wildman–Crippen LogP) is 2.03. The molecule has 1 heterocycles. The number of pyridine rings is 1. The van der Waals surface area contributed by atoms with E-state index in [4.69, 9.17) is 0 Å². The molecule has 72 valence electrons. The van der Waals surface area contributed by atoms with Gasteiger partial charge in [0, 0.05) is 18.8 Å². The molecule has 0 amide bonds. The molecule has 1 unspecified atom stereocenters. The van der Waals surface area contributed by atoms with E-state index in [-0.39, 0.29) is 11.4 Å². The van der Waals surface area contributed by atoms with Gasteiger partial charge in [-0.25, -0.2) is 4.39 Å². The largest absolute Gasteiger partial charge is 0.312 e. The molecule has 1 rings (SSSR count). The maximum absolute atomic E-state index is 12.7. The summed E-state index contributed by atoms with van der Waals surface area (Å²) in [6.45, 7) is 4.68. The molecule has 13 heavy (non-hydrogen) atoms. The lowest BCUT2D eigenvalue weighted by molar-refractivity contribution is 0.451. The highest BCUT2D eigenvalue weighted by Gasteiger charge is 2.02. The smallest absolute Gasteiger partial charge is 0.250 e. The average molecular weight is 183 g/mol. The van der Waals surface area contributed by atoms with Crippen LogP contribution in [0.3, 0.4) is 0 Å². The molecule has 2 nitrogen and oxygen atoms in total. The van der Waals surface area contributed by atoms with Crippen molar-refractivity contribution in [1.29, 1.82) is 0 Å². The van der Waals surface area contributed by atoms with Crippen molar-refractivity contribution in [3.8, 4) is 0 Å². The first-order valence-electron chi connectivity index (χ1n) is 4.49. The monoisotopic (exact) mass is 183 g/mol. The van der Waals surface area contributed by atoms with Crippen LogP contribution in [-0.2, 0) is 6.54 Å². The number of rotatable bonds is 3. The molecule has 1 aromatic heterocycles. The van der Waals surface area contributed by atoms with Gasteiger partial charge >= 0.3 is 0 Å². The van der Waals surface area contributed by atoms with Crippen molar-refractivity contribution in [2.75, 3.05) is 0 Å². The summed E-state index contributed by atoms with van der Waals surface area (Å²) in [5.74, 6) is 0.0439. The summed E-state index contributed by atoms with van der Waals surface area (Å²) < 4.78 is 14.2. The fourth-order valence-corrected chi connectivity index (χ4v) is 1.11. The fraction of sp³-hybridized carbons (Fsp3) is 0.500. The summed E-state index contributed by atoms with van der Waals surface area (Å²) in [4.78, 5) is 11.2. The van der Waals surface area contributed by atoms with Crippen LogP contribution in [0.1, 0.15) is 20.3 Å². The lowest BCUT2D eigenvalue weighted by atomic mass is 10.1. The number of halogens is 1. The van der Waals surface area contributed by atoms with Crippen LogP contribution in [0.15, 0.2) is 23.1 Å². The lowest BCUT2D eigenvalue weighted by Crippen LogP contribution is -2.21. The van der Waals surface area contributed by atoms with E-state index in [0.717, 1.165) is 6.42 Å². The number of nitrogens with zero attached hydrogens (tertiary/aromatic N) is 1. The van der Waals surface area contributed by atoms with E-state index in [1.54, 1.807) is 0 Å². The third-order valence-corrected chi connectivity index (χ3v) is 2.15. The predicted molar refractivity (Wildman–Crippen MR) is 50.1 cm³/mol. The van der Waals surface area contributed by atoms with Gasteiger partial charge in [0.15, 0.2) is 0 Å². The summed E-state index contributed by atoms with van der Waals surface area (Å²) in [7, 11) is 0. The third-order valence-electron chi connectivity index (χ3n) is 2.15. The lowest BCUT2D eigenvalue weighted by Gasteiger charge is -2.10. The van der Waals surface area contributed by atoms with Crippen LogP contribution in [0.4, 0.5) is 4.39 Å². The first-order chi connectivity index (χ1) is 6.13. The molecule has 0 saturated carbocycles. The van der Waals surface area contributed by atoms with Crippen LogP contribution in [-0.4, -0.2) is 4.57 Å². The standard InChI is InChI=1S/C10H14FNO/c1-3-8(2)6-12-7-9(11)4-5-10(12)13/h4-5,7-8H,3,6H2,1-2H3. The van der Waals surface area contributed by atoms with Crippen molar-refractivity contribution in [3.05, 3.63) is 34.5 Å². The maximum Gasteiger partial charge on any atom is 0.250 e. The normalized spacial score (nSPS) is 12.8. The minimum absolute atomic E-state index is 0.137. The fourth-order valence-electron chi connectivity index (χ4n) is 1.11. The molecule has 1 atom stereocenters. The van der Waals surface area contributed by atoms with Gasteiger partial charge in [0.25, 0.3) is 5.56 Å². The second-order valence-corrected chi connectivity index (χ2v) is 3.35. The zero-order valence-electron chi connectivity index (χ0n) is 7.96. The Kier molecular flexibility index (Phi) is 3.23. The van der Waals surface area contributed by atoms with E-state index >= 15 is 0 Å². The molecular weight excluding hydrogens is 169 g/mol. The summed E-state index contributed by atoms with van der Waals surface area (Å²) in [6.07, 6.45) is 2.25. The van der Waals surface area contributed by atoms with Gasteiger partial charge in [0.1, 0.15) is 5.82 Å². The topological polar surface area (TPSA) is 22.0 Å².